The van der Waals surface area contributed by atoms with Gasteiger partial charge in [0.25, 0.3) is 0 Å². The van der Waals surface area contributed by atoms with Gasteiger partial charge in [0.2, 0.25) is 5.91 Å². The van der Waals surface area contributed by atoms with E-state index in [2.05, 4.69) is 0 Å². The molecule has 1 unspecified atom stereocenters. The summed E-state index contributed by atoms with van der Waals surface area (Å²) in [5, 5.41) is 0. The van der Waals surface area contributed by atoms with E-state index < -0.39 is 0 Å². The lowest BCUT2D eigenvalue weighted by Crippen LogP contribution is -2.39. The molecular weight excluding hydrogens is 190 g/mol. The van der Waals surface area contributed by atoms with Gasteiger partial charge in [-0.05, 0) is 26.9 Å². The van der Waals surface area contributed by atoms with Gasteiger partial charge in [0.05, 0.1) is 0 Å². The van der Waals surface area contributed by atoms with Gasteiger partial charge in [-0.1, -0.05) is 6.08 Å². The molecule has 0 aromatic rings. The van der Waals surface area contributed by atoms with Crippen molar-refractivity contribution >= 4 is 5.91 Å². The molecule has 0 aromatic carbocycles. The average molecular weight is 211 g/mol. The van der Waals surface area contributed by atoms with Crippen molar-refractivity contribution in [3.05, 3.63) is 12.2 Å². The van der Waals surface area contributed by atoms with Crippen molar-refractivity contribution in [1.29, 1.82) is 0 Å². The molecule has 2 N–H and O–H groups in total. The van der Waals surface area contributed by atoms with E-state index in [1.54, 1.807) is 6.08 Å². The molecule has 0 aliphatic carbocycles. The van der Waals surface area contributed by atoms with Crippen LogP contribution in [0.2, 0.25) is 0 Å². The first-order valence-electron chi connectivity index (χ1n) is 5.47. The topological polar surface area (TPSA) is 49.6 Å². The second-order valence-electron chi connectivity index (χ2n) is 4.23. The van der Waals surface area contributed by atoms with Crippen LogP contribution in [0.15, 0.2) is 12.2 Å². The van der Waals surface area contributed by atoms with Crippen LogP contribution in [0.5, 0.6) is 0 Å². The molecule has 1 aliphatic heterocycles. The summed E-state index contributed by atoms with van der Waals surface area (Å²) in [5.74, 6) is 0.102. The highest BCUT2D eigenvalue weighted by Crippen LogP contribution is 2.16. The number of carbonyl (C=O) groups excluding carboxylic acids is 1. The van der Waals surface area contributed by atoms with Crippen molar-refractivity contribution in [3.8, 4) is 0 Å². The van der Waals surface area contributed by atoms with Gasteiger partial charge in [-0.25, -0.2) is 0 Å². The molecule has 0 radical (unpaired) electrons. The predicted molar refractivity (Wildman–Crippen MR) is 61.5 cm³/mol. The number of nitrogens with two attached hydrogens (primary N) is 1. The number of likely N-dealkylation sites (tertiary alicyclic amines) is 1. The molecule has 15 heavy (non-hydrogen) atoms. The third kappa shape index (κ3) is 3.64. The van der Waals surface area contributed by atoms with E-state index in [-0.39, 0.29) is 11.9 Å². The Balaban J connectivity index is 2.42. The zero-order valence-electron chi connectivity index (χ0n) is 9.65. The summed E-state index contributed by atoms with van der Waals surface area (Å²) >= 11 is 0. The smallest absolute Gasteiger partial charge is 0.246 e. The number of hydrogen-bond donors (Lipinski definition) is 1. The minimum absolute atomic E-state index is 0.102. The lowest BCUT2D eigenvalue weighted by molar-refractivity contribution is -0.126. The van der Waals surface area contributed by atoms with Crippen LogP contribution in [0.4, 0.5) is 0 Å². The fourth-order valence-corrected chi connectivity index (χ4v) is 1.83. The zero-order valence-corrected chi connectivity index (χ0v) is 9.65. The fraction of sp³-hybridized carbons (Fsp3) is 0.727. The zero-order chi connectivity index (χ0) is 11.3. The molecule has 1 amide bonds. The molecule has 86 valence electrons. The summed E-state index contributed by atoms with van der Waals surface area (Å²) in [5.41, 5.74) is 5.61. The van der Waals surface area contributed by atoms with Crippen molar-refractivity contribution < 1.29 is 4.79 Å². The molecule has 4 heteroatoms. The molecule has 1 fully saturated rings. The Labute approximate surface area is 91.7 Å². The normalized spacial score (nSPS) is 21.9. The Hall–Kier alpha value is -0.870. The number of rotatable bonds is 4. The van der Waals surface area contributed by atoms with E-state index in [1.807, 2.05) is 30.0 Å². The molecule has 1 heterocycles. The average Bonchev–Trinajstić information content (AvgIpc) is 2.64. The summed E-state index contributed by atoms with van der Waals surface area (Å²) in [6.07, 6.45) is 5.68. The van der Waals surface area contributed by atoms with E-state index in [0.29, 0.717) is 6.54 Å². The summed E-state index contributed by atoms with van der Waals surface area (Å²) in [7, 11) is 3.96. The predicted octanol–water partition coefficient (Wildman–Crippen LogP) is 0.0539. The van der Waals surface area contributed by atoms with Gasteiger partial charge < -0.3 is 15.5 Å². The molecule has 1 atom stereocenters. The Morgan fingerprint density at radius 2 is 2.33 bits per heavy atom. The van der Waals surface area contributed by atoms with Gasteiger partial charge >= 0.3 is 0 Å². The van der Waals surface area contributed by atoms with Gasteiger partial charge in [-0.2, -0.15) is 0 Å². The Bertz CT molecular complexity index is 238. The van der Waals surface area contributed by atoms with Gasteiger partial charge in [-0.3, -0.25) is 4.79 Å². The first-order valence-corrected chi connectivity index (χ1v) is 5.47. The molecule has 0 aromatic heterocycles. The quantitative estimate of drug-likeness (QED) is 0.669. The number of nitrogens with zero attached hydrogens (tertiary/aromatic N) is 2. The molecule has 0 bridgehead atoms. The summed E-state index contributed by atoms with van der Waals surface area (Å²) in [6.45, 7) is 2.23. The number of carbonyl (C=O) groups is 1. The molecular formula is C11H21N3O. The largest absolute Gasteiger partial charge is 0.335 e. The maximum absolute atomic E-state index is 11.8. The van der Waals surface area contributed by atoms with Gasteiger partial charge in [0.15, 0.2) is 0 Å². The van der Waals surface area contributed by atoms with Gasteiger partial charge in [0.1, 0.15) is 0 Å². The second-order valence-corrected chi connectivity index (χ2v) is 4.23. The number of hydrogen-bond acceptors (Lipinski definition) is 3. The highest BCUT2D eigenvalue weighted by Gasteiger charge is 2.25. The van der Waals surface area contributed by atoms with E-state index in [0.717, 1.165) is 25.9 Å². The van der Waals surface area contributed by atoms with Crippen LogP contribution in [0.3, 0.4) is 0 Å². The second kappa shape index (κ2) is 5.88. The van der Waals surface area contributed by atoms with Crippen LogP contribution in [0.1, 0.15) is 12.8 Å². The molecule has 0 saturated carbocycles. The standard InChI is InChI=1S/C11H21N3O/c1-13(2)7-4-6-11(15)14-8-3-5-10(14)9-12/h4,6,10H,3,5,7-9,12H2,1-2H3/b6-4+. The monoisotopic (exact) mass is 211 g/mol. The third-order valence-corrected chi connectivity index (χ3v) is 2.66. The van der Waals surface area contributed by atoms with Crippen molar-refractivity contribution in [2.24, 2.45) is 5.73 Å². The Morgan fingerprint density at radius 1 is 1.60 bits per heavy atom. The van der Waals surface area contributed by atoms with Crippen LogP contribution in [-0.2, 0) is 4.79 Å². The minimum Gasteiger partial charge on any atom is -0.335 e. The van der Waals surface area contributed by atoms with Crippen LogP contribution in [0, 0.1) is 0 Å². The molecule has 1 aliphatic rings. The number of amides is 1. The Kier molecular flexibility index (Phi) is 4.78. The van der Waals surface area contributed by atoms with Crippen molar-refractivity contribution in [2.75, 3.05) is 33.7 Å². The molecule has 1 rings (SSSR count). The van der Waals surface area contributed by atoms with Crippen molar-refractivity contribution in [3.63, 3.8) is 0 Å². The fourth-order valence-electron chi connectivity index (χ4n) is 1.83. The summed E-state index contributed by atoms with van der Waals surface area (Å²) < 4.78 is 0. The molecule has 0 spiro atoms. The van der Waals surface area contributed by atoms with Crippen LogP contribution < -0.4 is 5.73 Å². The molecule has 4 nitrogen and oxygen atoms in total. The maximum atomic E-state index is 11.8. The van der Waals surface area contributed by atoms with Crippen LogP contribution in [0.25, 0.3) is 0 Å². The maximum Gasteiger partial charge on any atom is 0.246 e. The SMILES string of the molecule is CN(C)C/C=C/C(=O)N1CCCC1CN. The first kappa shape index (κ1) is 12.2. The summed E-state index contributed by atoms with van der Waals surface area (Å²) in [6, 6.07) is 0.251. The number of likely N-dealkylation sites (N-methyl/N-ethyl adjacent to an activating group) is 1. The van der Waals surface area contributed by atoms with Gasteiger partial charge in [-0.15, -0.1) is 0 Å². The summed E-state index contributed by atoms with van der Waals surface area (Å²) in [4.78, 5) is 15.7. The van der Waals surface area contributed by atoms with E-state index >= 15 is 0 Å². The highest BCUT2D eigenvalue weighted by molar-refractivity contribution is 5.88. The highest BCUT2D eigenvalue weighted by atomic mass is 16.2. The van der Waals surface area contributed by atoms with Crippen molar-refractivity contribution in [1.82, 2.24) is 9.80 Å². The van der Waals surface area contributed by atoms with E-state index in [4.69, 9.17) is 5.73 Å². The van der Waals surface area contributed by atoms with Gasteiger partial charge in [0, 0.05) is 31.8 Å². The first-order chi connectivity index (χ1) is 7.15. The molecule has 1 saturated heterocycles. The van der Waals surface area contributed by atoms with Crippen LogP contribution >= 0.6 is 0 Å². The lowest BCUT2D eigenvalue weighted by Gasteiger charge is -2.21. The minimum atomic E-state index is 0.102. The van der Waals surface area contributed by atoms with Crippen molar-refractivity contribution in [2.45, 2.75) is 18.9 Å². The lowest BCUT2D eigenvalue weighted by atomic mass is 10.2. The Morgan fingerprint density at radius 3 is 2.93 bits per heavy atom. The van der Waals surface area contributed by atoms with E-state index in [9.17, 15) is 4.79 Å². The third-order valence-electron chi connectivity index (χ3n) is 2.66. The van der Waals surface area contributed by atoms with E-state index in [1.165, 1.54) is 0 Å². The van der Waals surface area contributed by atoms with Crippen LogP contribution in [-0.4, -0.2) is 55.5 Å².